The molecule has 4 aromatic rings. The second-order valence-electron chi connectivity index (χ2n) is 7.39. The molecule has 0 unspecified atom stereocenters. The van der Waals surface area contributed by atoms with Crippen molar-refractivity contribution >= 4 is 6.08 Å². The molecule has 4 heteroatoms. The lowest BCUT2D eigenvalue weighted by molar-refractivity contribution is 0.415. The Balaban J connectivity index is 1.85. The van der Waals surface area contributed by atoms with Gasteiger partial charge in [-0.25, -0.2) is 0 Å². The molecular weight excluding hydrogens is 384 g/mol. The van der Waals surface area contributed by atoms with Gasteiger partial charge >= 0.3 is 0 Å². The molecule has 0 N–H and O–H groups in total. The molecule has 3 aromatic carbocycles. The number of hydrogen-bond donors (Lipinski definition) is 0. The fourth-order valence-corrected chi connectivity index (χ4v) is 3.78. The first-order valence-electron chi connectivity index (χ1n) is 10.2. The zero-order chi connectivity index (χ0) is 21.8. The summed E-state index contributed by atoms with van der Waals surface area (Å²) in [6, 6.07) is 24.5. The number of aromatic nitrogens is 2. The summed E-state index contributed by atoms with van der Waals surface area (Å²) in [6.07, 6.45) is 1.85. The minimum Gasteiger partial charge on any atom is -0.497 e. The number of rotatable bonds is 7. The number of nitrogens with zero attached hydrogens (tertiary/aromatic N) is 2. The van der Waals surface area contributed by atoms with Gasteiger partial charge in [0.05, 0.1) is 32.2 Å². The second kappa shape index (κ2) is 8.92. The first-order valence-corrected chi connectivity index (χ1v) is 10.2. The van der Waals surface area contributed by atoms with Crippen LogP contribution in [0.25, 0.3) is 28.6 Å². The first-order chi connectivity index (χ1) is 15.1. The van der Waals surface area contributed by atoms with Crippen LogP contribution in [0.3, 0.4) is 0 Å². The van der Waals surface area contributed by atoms with Gasteiger partial charge in [0.2, 0.25) is 0 Å². The monoisotopic (exact) mass is 410 g/mol. The van der Waals surface area contributed by atoms with E-state index in [0.717, 1.165) is 45.1 Å². The molecule has 1 heterocycles. The summed E-state index contributed by atoms with van der Waals surface area (Å²) in [4.78, 5) is 0. The Hall–Kier alpha value is -3.79. The average Bonchev–Trinajstić information content (AvgIpc) is 3.15. The minimum atomic E-state index is 0.661. The third-order valence-electron chi connectivity index (χ3n) is 5.42. The molecule has 0 aliphatic rings. The summed E-state index contributed by atoms with van der Waals surface area (Å²) in [7, 11) is 3.37. The molecular formula is C27H26N2O2. The Labute approximate surface area is 183 Å². The van der Waals surface area contributed by atoms with Crippen LogP contribution >= 0.6 is 0 Å². The molecule has 4 rings (SSSR count). The van der Waals surface area contributed by atoms with Gasteiger partial charge in [-0.05, 0) is 42.3 Å². The van der Waals surface area contributed by atoms with Gasteiger partial charge in [-0.2, -0.15) is 5.10 Å². The van der Waals surface area contributed by atoms with Crippen molar-refractivity contribution in [3.63, 3.8) is 0 Å². The van der Waals surface area contributed by atoms with Crippen LogP contribution in [-0.4, -0.2) is 24.0 Å². The molecule has 4 nitrogen and oxygen atoms in total. The predicted octanol–water partition coefficient (Wildman–Crippen LogP) is 6.23. The topological polar surface area (TPSA) is 36.3 Å². The highest BCUT2D eigenvalue weighted by Crippen LogP contribution is 2.34. The van der Waals surface area contributed by atoms with Gasteiger partial charge < -0.3 is 9.47 Å². The van der Waals surface area contributed by atoms with Crippen molar-refractivity contribution in [1.82, 2.24) is 9.78 Å². The number of hydrogen-bond acceptors (Lipinski definition) is 3. The highest BCUT2D eigenvalue weighted by atomic mass is 16.5. The van der Waals surface area contributed by atoms with Gasteiger partial charge in [0.1, 0.15) is 11.5 Å². The van der Waals surface area contributed by atoms with Crippen molar-refractivity contribution in [2.24, 2.45) is 0 Å². The highest BCUT2D eigenvalue weighted by Gasteiger charge is 2.18. The van der Waals surface area contributed by atoms with Gasteiger partial charge in [0.25, 0.3) is 0 Å². The molecule has 1 aromatic heterocycles. The smallest absolute Gasteiger partial charge is 0.119 e. The van der Waals surface area contributed by atoms with Crippen LogP contribution < -0.4 is 9.47 Å². The van der Waals surface area contributed by atoms with Gasteiger partial charge in [0, 0.05) is 16.7 Å². The molecule has 0 saturated heterocycles. The SMILES string of the molecule is C=Cc1ccc(Cn2nc(-c3cccc(OC)c3)c(C)c2-c2cccc(OC)c2)cc1. The summed E-state index contributed by atoms with van der Waals surface area (Å²) >= 11 is 0. The third-order valence-corrected chi connectivity index (χ3v) is 5.42. The van der Waals surface area contributed by atoms with Crippen LogP contribution in [0, 0.1) is 6.92 Å². The number of benzene rings is 3. The Kier molecular flexibility index (Phi) is 5.89. The van der Waals surface area contributed by atoms with E-state index in [1.807, 2.05) is 36.4 Å². The molecule has 0 saturated carbocycles. The minimum absolute atomic E-state index is 0.661. The van der Waals surface area contributed by atoms with E-state index in [9.17, 15) is 0 Å². The van der Waals surface area contributed by atoms with E-state index in [0.29, 0.717) is 6.54 Å². The highest BCUT2D eigenvalue weighted by molar-refractivity contribution is 5.75. The van der Waals surface area contributed by atoms with E-state index in [4.69, 9.17) is 14.6 Å². The lowest BCUT2D eigenvalue weighted by Crippen LogP contribution is -2.04. The van der Waals surface area contributed by atoms with E-state index in [-0.39, 0.29) is 0 Å². The van der Waals surface area contributed by atoms with Gasteiger partial charge in [-0.15, -0.1) is 0 Å². The van der Waals surface area contributed by atoms with Crippen LogP contribution in [0.5, 0.6) is 11.5 Å². The van der Waals surface area contributed by atoms with Gasteiger partial charge in [-0.1, -0.05) is 61.2 Å². The molecule has 0 radical (unpaired) electrons. The lowest BCUT2D eigenvalue weighted by Gasteiger charge is -2.10. The lowest BCUT2D eigenvalue weighted by atomic mass is 10.0. The molecule has 0 spiro atoms. The largest absolute Gasteiger partial charge is 0.497 e. The van der Waals surface area contributed by atoms with Crippen LogP contribution in [0.15, 0.2) is 79.4 Å². The zero-order valence-electron chi connectivity index (χ0n) is 18.1. The Morgan fingerprint density at radius 3 is 2.10 bits per heavy atom. The van der Waals surface area contributed by atoms with E-state index in [1.54, 1.807) is 14.2 Å². The molecule has 0 fully saturated rings. The van der Waals surface area contributed by atoms with Crippen molar-refractivity contribution in [3.05, 3.63) is 96.1 Å². The normalized spacial score (nSPS) is 10.7. The van der Waals surface area contributed by atoms with Crippen LogP contribution in [-0.2, 0) is 6.54 Å². The predicted molar refractivity (Wildman–Crippen MR) is 127 cm³/mol. The number of methoxy groups -OCH3 is 2. The van der Waals surface area contributed by atoms with E-state index in [1.165, 1.54) is 5.56 Å². The standard InChI is InChI=1S/C27H26N2O2/c1-5-20-12-14-21(15-13-20)18-29-27(23-9-7-11-25(17-23)31-4)19(2)26(28-29)22-8-6-10-24(16-22)30-3/h5-17H,1,18H2,2-4H3. The quantitative estimate of drug-likeness (QED) is 0.362. The number of ether oxygens (including phenoxy) is 2. The summed E-state index contributed by atoms with van der Waals surface area (Å²) < 4.78 is 13.0. The summed E-state index contributed by atoms with van der Waals surface area (Å²) in [5.41, 5.74) is 7.51. The molecule has 0 aliphatic carbocycles. The molecule has 31 heavy (non-hydrogen) atoms. The summed E-state index contributed by atoms with van der Waals surface area (Å²) in [5, 5.41) is 5.03. The van der Waals surface area contributed by atoms with Crippen molar-refractivity contribution in [1.29, 1.82) is 0 Å². The molecule has 0 atom stereocenters. The molecule has 0 bridgehead atoms. The van der Waals surface area contributed by atoms with Crippen LogP contribution in [0.1, 0.15) is 16.7 Å². The molecule has 0 amide bonds. The maximum atomic E-state index is 5.47. The van der Waals surface area contributed by atoms with E-state index < -0.39 is 0 Å². The fourth-order valence-electron chi connectivity index (χ4n) is 3.78. The summed E-state index contributed by atoms with van der Waals surface area (Å²) in [5.74, 6) is 1.64. The van der Waals surface area contributed by atoms with Gasteiger partial charge in [0.15, 0.2) is 0 Å². The second-order valence-corrected chi connectivity index (χ2v) is 7.39. The molecule has 0 aliphatic heterocycles. The van der Waals surface area contributed by atoms with Crippen molar-refractivity contribution in [3.8, 4) is 34.0 Å². The first kappa shape index (κ1) is 20.5. The Bertz CT molecular complexity index is 1210. The average molecular weight is 411 g/mol. The summed E-state index contributed by atoms with van der Waals surface area (Å²) in [6.45, 7) is 6.62. The Morgan fingerprint density at radius 2 is 1.48 bits per heavy atom. The van der Waals surface area contributed by atoms with Gasteiger partial charge in [-0.3, -0.25) is 4.68 Å². The Morgan fingerprint density at radius 1 is 0.871 bits per heavy atom. The maximum Gasteiger partial charge on any atom is 0.119 e. The maximum absolute atomic E-state index is 5.47. The van der Waals surface area contributed by atoms with Crippen molar-refractivity contribution in [2.75, 3.05) is 14.2 Å². The van der Waals surface area contributed by atoms with Crippen LogP contribution in [0.4, 0.5) is 0 Å². The van der Waals surface area contributed by atoms with Crippen molar-refractivity contribution < 1.29 is 9.47 Å². The zero-order valence-corrected chi connectivity index (χ0v) is 18.1. The molecule has 156 valence electrons. The van der Waals surface area contributed by atoms with E-state index in [2.05, 4.69) is 60.6 Å². The van der Waals surface area contributed by atoms with E-state index >= 15 is 0 Å². The fraction of sp³-hybridized carbons (Fsp3) is 0.148. The third kappa shape index (κ3) is 4.24. The van der Waals surface area contributed by atoms with Crippen LogP contribution in [0.2, 0.25) is 0 Å². The van der Waals surface area contributed by atoms with Crippen molar-refractivity contribution in [2.45, 2.75) is 13.5 Å².